The van der Waals surface area contributed by atoms with Crippen molar-refractivity contribution in [3.8, 4) is 11.5 Å². The van der Waals surface area contributed by atoms with Crippen molar-refractivity contribution in [2.75, 3.05) is 13.1 Å². The van der Waals surface area contributed by atoms with E-state index in [-0.39, 0.29) is 6.04 Å². The number of piperidine rings is 1. The summed E-state index contributed by atoms with van der Waals surface area (Å²) in [7, 11) is 0. The summed E-state index contributed by atoms with van der Waals surface area (Å²) in [6.07, 6.45) is 2.34. The van der Waals surface area contributed by atoms with Gasteiger partial charge in [0.1, 0.15) is 0 Å². The van der Waals surface area contributed by atoms with Crippen LogP contribution in [-0.2, 0) is 0 Å². The van der Waals surface area contributed by atoms with E-state index in [1.165, 1.54) is 21.7 Å². The number of thiazole rings is 1. The van der Waals surface area contributed by atoms with Gasteiger partial charge in [0.2, 0.25) is 11.8 Å². The Bertz CT molecular complexity index is 1100. The lowest BCUT2D eigenvalue weighted by molar-refractivity contribution is 0.139. The molecule has 3 heterocycles. The highest BCUT2D eigenvalue weighted by Crippen LogP contribution is 2.35. The van der Waals surface area contributed by atoms with Crippen LogP contribution in [0.1, 0.15) is 48.2 Å². The maximum Gasteiger partial charge on any atom is 0.247 e. The molecule has 1 aliphatic rings. The van der Waals surface area contributed by atoms with E-state index in [4.69, 9.17) is 9.40 Å². The van der Waals surface area contributed by atoms with Gasteiger partial charge in [-0.05, 0) is 57.5 Å². The summed E-state index contributed by atoms with van der Waals surface area (Å²) in [5.41, 5.74) is 3.27. The van der Waals surface area contributed by atoms with Crippen LogP contribution < -0.4 is 0 Å². The number of para-hydroxylation sites is 1. The Morgan fingerprint density at radius 2 is 2.03 bits per heavy atom. The lowest BCUT2D eigenvalue weighted by Gasteiger charge is -2.34. The molecule has 148 valence electrons. The molecule has 0 amide bonds. The number of likely N-dealkylation sites (tertiary alicyclic amines) is 1. The zero-order valence-electron chi connectivity index (χ0n) is 16.7. The third kappa shape index (κ3) is 3.70. The van der Waals surface area contributed by atoms with E-state index in [9.17, 15) is 0 Å². The number of aromatic nitrogens is 3. The van der Waals surface area contributed by atoms with Crippen LogP contribution in [0.5, 0.6) is 0 Å². The molecule has 6 heteroatoms. The quantitative estimate of drug-likeness (QED) is 0.443. The first-order valence-corrected chi connectivity index (χ1v) is 11.0. The normalized spacial score (nSPS) is 18.9. The van der Waals surface area contributed by atoms with Gasteiger partial charge < -0.3 is 4.42 Å². The number of nitrogens with zero attached hydrogens (tertiary/aromatic N) is 4. The molecule has 2 aromatic heterocycles. The van der Waals surface area contributed by atoms with Gasteiger partial charge in [-0.15, -0.1) is 21.5 Å². The Morgan fingerprint density at radius 1 is 1.14 bits per heavy atom. The second kappa shape index (κ2) is 7.69. The molecule has 2 aromatic carbocycles. The molecular weight excluding hydrogens is 380 g/mol. The average molecular weight is 405 g/mol. The molecule has 4 aromatic rings. The predicted octanol–water partition coefficient (Wildman–Crippen LogP) is 5.60. The zero-order chi connectivity index (χ0) is 19.8. The minimum atomic E-state index is 0.0956. The third-order valence-electron chi connectivity index (χ3n) is 5.72. The molecule has 0 unspecified atom stereocenters. The SMILES string of the molecule is Cc1cccc(-c2nnc([C@@H](C)N3CCC[C@H](c4nc5ccccc5s4)C3)o2)c1. The standard InChI is InChI=1S/C23H24N4OS/c1-15-7-5-8-17(13-15)22-26-25-21(28-22)16(2)27-12-6-9-18(14-27)23-24-19-10-3-4-11-20(19)29-23/h3-5,7-8,10-11,13,16,18H,6,9,12,14H2,1-2H3/t16-,18+/m1/s1. The van der Waals surface area contributed by atoms with E-state index in [1.807, 2.05) is 23.5 Å². The molecule has 0 radical (unpaired) electrons. The van der Waals surface area contributed by atoms with Crippen LogP contribution in [0.15, 0.2) is 52.9 Å². The first-order chi connectivity index (χ1) is 14.2. The minimum absolute atomic E-state index is 0.0956. The highest BCUT2D eigenvalue weighted by molar-refractivity contribution is 7.18. The molecule has 0 N–H and O–H groups in total. The molecule has 1 aliphatic heterocycles. The Labute approximate surface area is 174 Å². The van der Waals surface area contributed by atoms with E-state index in [1.54, 1.807) is 0 Å². The van der Waals surface area contributed by atoms with Gasteiger partial charge in [-0.3, -0.25) is 4.90 Å². The molecule has 5 rings (SSSR count). The molecular formula is C23H24N4OS. The average Bonchev–Trinajstić information content (AvgIpc) is 3.41. The summed E-state index contributed by atoms with van der Waals surface area (Å²) in [6, 6.07) is 16.7. The van der Waals surface area contributed by atoms with Gasteiger partial charge in [0.15, 0.2) is 0 Å². The summed E-state index contributed by atoms with van der Waals surface area (Å²) in [5.74, 6) is 1.74. The van der Waals surface area contributed by atoms with Crippen molar-refractivity contribution >= 4 is 21.6 Å². The fourth-order valence-electron chi connectivity index (χ4n) is 4.08. The van der Waals surface area contributed by atoms with Gasteiger partial charge in [0.05, 0.1) is 21.3 Å². The van der Waals surface area contributed by atoms with Crippen molar-refractivity contribution in [2.24, 2.45) is 0 Å². The van der Waals surface area contributed by atoms with E-state index in [0.29, 0.717) is 17.7 Å². The zero-order valence-corrected chi connectivity index (χ0v) is 17.5. The number of rotatable bonds is 4. The van der Waals surface area contributed by atoms with Crippen LogP contribution in [0, 0.1) is 6.92 Å². The van der Waals surface area contributed by atoms with Crippen molar-refractivity contribution in [1.29, 1.82) is 0 Å². The van der Waals surface area contributed by atoms with Crippen LogP contribution in [0.2, 0.25) is 0 Å². The van der Waals surface area contributed by atoms with Crippen LogP contribution in [0.4, 0.5) is 0 Å². The lowest BCUT2D eigenvalue weighted by Crippen LogP contribution is -2.36. The summed E-state index contributed by atoms with van der Waals surface area (Å²) >= 11 is 1.83. The van der Waals surface area contributed by atoms with Crippen LogP contribution in [0.25, 0.3) is 21.7 Å². The molecule has 0 spiro atoms. The van der Waals surface area contributed by atoms with Crippen molar-refractivity contribution in [3.63, 3.8) is 0 Å². The second-order valence-corrected chi connectivity index (χ2v) is 8.91. The fourth-order valence-corrected chi connectivity index (χ4v) is 5.17. The maximum absolute atomic E-state index is 6.05. The van der Waals surface area contributed by atoms with Gasteiger partial charge in [-0.1, -0.05) is 29.8 Å². The highest BCUT2D eigenvalue weighted by Gasteiger charge is 2.29. The summed E-state index contributed by atoms with van der Waals surface area (Å²) in [5, 5.41) is 9.90. The minimum Gasteiger partial charge on any atom is -0.419 e. The van der Waals surface area contributed by atoms with E-state index in [2.05, 4.69) is 65.3 Å². The Hall–Kier alpha value is -2.57. The van der Waals surface area contributed by atoms with Crippen LogP contribution in [-0.4, -0.2) is 33.2 Å². The molecule has 1 fully saturated rings. The molecule has 0 aliphatic carbocycles. The van der Waals surface area contributed by atoms with Crippen molar-refractivity contribution in [3.05, 3.63) is 65.0 Å². The van der Waals surface area contributed by atoms with Crippen LogP contribution in [0.3, 0.4) is 0 Å². The van der Waals surface area contributed by atoms with Gasteiger partial charge in [-0.2, -0.15) is 0 Å². The van der Waals surface area contributed by atoms with Gasteiger partial charge in [0, 0.05) is 18.0 Å². The Morgan fingerprint density at radius 3 is 2.90 bits per heavy atom. The summed E-state index contributed by atoms with van der Waals surface area (Å²) < 4.78 is 7.32. The number of hydrogen-bond donors (Lipinski definition) is 0. The Balaban J connectivity index is 1.34. The van der Waals surface area contributed by atoms with Crippen molar-refractivity contribution in [2.45, 2.75) is 38.6 Å². The summed E-state index contributed by atoms with van der Waals surface area (Å²) in [6.45, 7) is 6.25. The van der Waals surface area contributed by atoms with Crippen LogP contribution >= 0.6 is 11.3 Å². The Kier molecular flexibility index (Phi) is 4.89. The maximum atomic E-state index is 6.05. The van der Waals surface area contributed by atoms with E-state index in [0.717, 1.165) is 30.6 Å². The van der Waals surface area contributed by atoms with E-state index >= 15 is 0 Å². The third-order valence-corrected chi connectivity index (χ3v) is 6.92. The molecule has 5 nitrogen and oxygen atoms in total. The molecule has 1 saturated heterocycles. The lowest BCUT2D eigenvalue weighted by atomic mass is 9.97. The van der Waals surface area contributed by atoms with Gasteiger partial charge >= 0.3 is 0 Å². The number of fused-ring (bicyclic) bond motifs is 1. The van der Waals surface area contributed by atoms with Crippen molar-refractivity contribution < 1.29 is 4.42 Å². The highest BCUT2D eigenvalue weighted by atomic mass is 32.1. The smallest absolute Gasteiger partial charge is 0.247 e. The number of benzene rings is 2. The topological polar surface area (TPSA) is 55.1 Å². The number of hydrogen-bond acceptors (Lipinski definition) is 6. The summed E-state index contributed by atoms with van der Waals surface area (Å²) in [4.78, 5) is 7.35. The largest absolute Gasteiger partial charge is 0.419 e. The molecule has 0 saturated carbocycles. The first kappa shape index (κ1) is 18.5. The van der Waals surface area contributed by atoms with E-state index < -0.39 is 0 Å². The molecule has 0 bridgehead atoms. The first-order valence-electron chi connectivity index (χ1n) is 10.2. The van der Waals surface area contributed by atoms with Gasteiger partial charge in [0.25, 0.3) is 0 Å². The molecule has 29 heavy (non-hydrogen) atoms. The number of aryl methyl sites for hydroxylation is 1. The van der Waals surface area contributed by atoms with Gasteiger partial charge in [-0.25, -0.2) is 4.98 Å². The predicted molar refractivity (Wildman–Crippen MR) is 116 cm³/mol. The second-order valence-electron chi connectivity index (χ2n) is 7.84. The molecule has 2 atom stereocenters. The van der Waals surface area contributed by atoms with Crippen molar-refractivity contribution in [1.82, 2.24) is 20.1 Å². The fraction of sp³-hybridized carbons (Fsp3) is 0.348. The monoisotopic (exact) mass is 404 g/mol.